The maximum absolute atomic E-state index is 12.0. The van der Waals surface area contributed by atoms with Crippen LogP contribution in [0.1, 0.15) is 21.5 Å². The van der Waals surface area contributed by atoms with Crippen LogP contribution in [0, 0.1) is 0 Å². The Kier molecular flexibility index (Phi) is 10.1. The molecule has 0 radical (unpaired) electrons. The Labute approximate surface area is 240 Å². The van der Waals surface area contributed by atoms with Gasteiger partial charge in [0.05, 0.1) is 26.4 Å². The number of fused-ring (bicyclic) bond motifs is 1. The van der Waals surface area contributed by atoms with Gasteiger partial charge >= 0.3 is 0 Å². The maximum Gasteiger partial charge on any atom is 0.251 e. The van der Waals surface area contributed by atoms with Crippen LogP contribution in [0.15, 0.2) is 84.9 Å². The van der Waals surface area contributed by atoms with Crippen LogP contribution in [0.5, 0.6) is 0 Å². The van der Waals surface area contributed by atoms with E-state index in [2.05, 4.69) is 50.1 Å². The normalized spacial score (nSPS) is 12.4. The molecule has 0 aliphatic carbocycles. The molecule has 1 aromatic heterocycles. The molecule has 10 heteroatoms. The number of carbonyl (C=O) groups is 1. The molecule has 0 spiro atoms. The molecule has 3 aromatic carbocycles. The highest BCUT2D eigenvalue weighted by molar-refractivity contribution is 5.94. The first-order valence-corrected chi connectivity index (χ1v) is 13.9. The summed E-state index contributed by atoms with van der Waals surface area (Å²) in [7, 11) is 0. The highest BCUT2D eigenvalue weighted by atomic mass is 16.5. The van der Waals surface area contributed by atoms with Gasteiger partial charge in [-0.25, -0.2) is 0 Å². The number of para-hydroxylation sites is 1. The molecule has 41 heavy (non-hydrogen) atoms. The van der Waals surface area contributed by atoms with Gasteiger partial charge in [0.15, 0.2) is 0 Å². The number of aromatic nitrogens is 3. The van der Waals surface area contributed by atoms with Gasteiger partial charge in [0.2, 0.25) is 17.8 Å². The third kappa shape index (κ3) is 8.47. The number of carbonyl (C=O) groups excluding carboxylic acids is 1. The fourth-order valence-electron chi connectivity index (χ4n) is 4.44. The summed E-state index contributed by atoms with van der Waals surface area (Å²) in [5, 5.41) is 9.40. The first kappa shape index (κ1) is 28.0. The highest BCUT2D eigenvalue weighted by Gasteiger charge is 2.20. The molecule has 10 nitrogen and oxygen atoms in total. The van der Waals surface area contributed by atoms with Crippen LogP contribution in [0.4, 0.5) is 23.5 Å². The summed E-state index contributed by atoms with van der Waals surface area (Å²) in [6, 6.07) is 27.5. The molecule has 0 bridgehead atoms. The fourth-order valence-corrected chi connectivity index (χ4v) is 4.44. The monoisotopic (exact) mass is 553 g/mol. The summed E-state index contributed by atoms with van der Waals surface area (Å²) in [4.78, 5) is 28.2. The Morgan fingerprint density at radius 2 is 1.39 bits per heavy atom. The van der Waals surface area contributed by atoms with Gasteiger partial charge in [0, 0.05) is 37.4 Å². The number of nitrogens with zero attached hydrogens (tertiary/aromatic N) is 4. The Balaban J connectivity index is 1.07. The minimum absolute atomic E-state index is 0.106. The van der Waals surface area contributed by atoms with Crippen LogP contribution in [0.3, 0.4) is 0 Å². The summed E-state index contributed by atoms with van der Waals surface area (Å²) in [5.74, 6) is 1.49. The van der Waals surface area contributed by atoms with Crippen molar-refractivity contribution in [3.63, 3.8) is 0 Å². The molecule has 212 valence electrons. The molecule has 1 aliphatic heterocycles. The van der Waals surface area contributed by atoms with Crippen molar-refractivity contribution < 1.29 is 14.3 Å². The molecule has 1 amide bonds. The molecule has 2 heterocycles. The van der Waals surface area contributed by atoms with Gasteiger partial charge in [0.1, 0.15) is 0 Å². The fraction of sp³-hybridized carbons (Fsp3) is 0.290. The van der Waals surface area contributed by atoms with Gasteiger partial charge < -0.3 is 30.3 Å². The Morgan fingerprint density at radius 1 is 0.732 bits per heavy atom. The molecule has 4 aromatic rings. The molecule has 0 saturated carbocycles. The zero-order chi connectivity index (χ0) is 28.1. The lowest BCUT2D eigenvalue weighted by atomic mass is 10.0. The summed E-state index contributed by atoms with van der Waals surface area (Å²) in [6.07, 6.45) is 0.946. The molecule has 5 rings (SSSR count). The third-order valence-corrected chi connectivity index (χ3v) is 6.54. The Hall–Kier alpha value is -4.54. The first-order chi connectivity index (χ1) is 20.2. The van der Waals surface area contributed by atoms with Crippen molar-refractivity contribution in [2.24, 2.45) is 0 Å². The largest absolute Gasteiger partial charge is 0.377 e. The molecular formula is C31H35N7O3. The first-order valence-electron chi connectivity index (χ1n) is 13.9. The molecule has 0 saturated heterocycles. The quantitative estimate of drug-likeness (QED) is 0.199. The lowest BCUT2D eigenvalue weighted by molar-refractivity contribution is 0.0519. The van der Waals surface area contributed by atoms with Crippen LogP contribution in [-0.4, -0.2) is 66.9 Å². The van der Waals surface area contributed by atoms with Crippen molar-refractivity contribution in [2.45, 2.75) is 13.0 Å². The second kappa shape index (κ2) is 14.7. The highest BCUT2D eigenvalue weighted by Crippen LogP contribution is 2.24. The van der Waals surface area contributed by atoms with Crippen LogP contribution in [-0.2, 0) is 22.4 Å². The minimum atomic E-state index is -0.106. The van der Waals surface area contributed by atoms with E-state index in [0.717, 1.165) is 25.2 Å². The van der Waals surface area contributed by atoms with E-state index in [9.17, 15) is 4.79 Å². The lowest BCUT2D eigenvalue weighted by Gasteiger charge is -2.29. The van der Waals surface area contributed by atoms with Crippen molar-refractivity contribution in [2.75, 3.05) is 61.6 Å². The van der Waals surface area contributed by atoms with Gasteiger partial charge in [-0.15, -0.1) is 0 Å². The third-order valence-electron chi connectivity index (χ3n) is 6.54. The van der Waals surface area contributed by atoms with Gasteiger partial charge in [-0.2, -0.15) is 15.0 Å². The Bertz CT molecular complexity index is 1390. The number of amides is 1. The smallest absolute Gasteiger partial charge is 0.251 e. The second-order valence-electron chi connectivity index (χ2n) is 9.49. The maximum atomic E-state index is 12.0. The van der Waals surface area contributed by atoms with Crippen LogP contribution < -0.4 is 20.9 Å². The molecule has 0 unspecified atom stereocenters. The van der Waals surface area contributed by atoms with E-state index in [1.54, 1.807) is 12.1 Å². The summed E-state index contributed by atoms with van der Waals surface area (Å²) >= 11 is 0. The van der Waals surface area contributed by atoms with Crippen LogP contribution in [0.25, 0.3) is 0 Å². The number of ether oxygens (including phenoxy) is 2. The van der Waals surface area contributed by atoms with Crippen molar-refractivity contribution in [3.05, 3.63) is 102 Å². The van der Waals surface area contributed by atoms with Gasteiger partial charge in [-0.1, -0.05) is 60.7 Å². The van der Waals surface area contributed by atoms with E-state index in [4.69, 9.17) is 19.4 Å². The molecule has 0 atom stereocenters. The average molecular weight is 554 g/mol. The SMILES string of the molecule is O=C(NCCOCCOCCNc1nc(Nc2ccccc2)nc(N2CCc3ccccc3C2)n1)c1ccccc1. The molecule has 1 aliphatic rings. The number of anilines is 4. The van der Waals surface area contributed by atoms with Crippen molar-refractivity contribution in [1.29, 1.82) is 0 Å². The topological polar surface area (TPSA) is 114 Å². The number of benzene rings is 3. The van der Waals surface area contributed by atoms with Gasteiger partial charge in [-0.05, 0) is 41.8 Å². The number of hydrogen-bond donors (Lipinski definition) is 3. The van der Waals surface area contributed by atoms with Crippen LogP contribution in [0.2, 0.25) is 0 Å². The van der Waals surface area contributed by atoms with Crippen molar-refractivity contribution in [3.8, 4) is 0 Å². The standard InChI is InChI=1S/C31H35N7O3/c39-28(25-10-3-1-4-11-25)32-16-19-40-21-22-41-20-17-33-29-35-30(34-27-13-5-2-6-14-27)37-31(36-29)38-18-15-24-9-7-8-12-26(24)23-38/h1-14H,15-23H2,(H,32,39)(H2,33,34,35,36,37). The number of nitrogens with one attached hydrogen (secondary N) is 3. The van der Waals surface area contributed by atoms with E-state index in [1.165, 1.54) is 11.1 Å². The van der Waals surface area contributed by atoms with E-state index < -0.39 is 0 Å². The summed E-state index contributed by atoms with van der Waals surface area (Å²) < 4.78 is 11.2. The molecular weight excluding hydrogens is 518 g/mol. The lowest BCUT2D eigenvalue weighted by Crippen LogP contribution is -2.32. The number of rotatable bonds is 14. The second-order valence-corrected chi connectivity index (χ2v) is 9.49. The predicted octanol–water partition coefficient (Wildman–Crippen LogP) is 4.05. The average Bonchev–Trinajstić information content (AvgIpc) is 3.02. The van der Waals surface area contributed by atoms with Crippen molar-refractivity contribution in [1.82, 2.24) is 20.3 Å². The van der Waals surface area contributed by atoms with Crippen molar-refractivity contribution >= 4 is 29.4 Å². The van der Waals surface area contributed by atoms with E-state index in [0.29, 0.717) is 62.9 Å². The van der Waals surface area contributed by atoms with E-state index in [-0.39, 0.29) is 5.91 Å². The zero-order valence-corrected chi connectivity index (χ0v) is 23.0. The summed E-state index contributed by atoms with van der Waals surface area (Å²) in [6.45, 7) is 4.35. The summed E-state index contributed by atoms with van der Waals surface area (Å²) in [5.41, 5.74) is 4.21. The molecule has 0 fully saturated rings. The number of hydrogen-bond acceptors (Lipinski definition) is 9. The van der Waals surface area contributed by atoms with E-state index in [1.807, 2.05) is 48.5 Å². The van der Waals surface area contributed by atoms with Crippen LogP contribution >= 0.6 is 0 Å². The van der Waals surface area contributed by atoms with Gasteiger partial charge in [-0.3, -0.25) is 4.79 Å². The Morgan fingerprint density at radius 3 is 2.17 bits per heavy atom. The van der Waals surface area contributed by atoms with E-state index >= 15 is 0 Å². The minimum Gasteiger partial charge on any atom is -0.377 e. The zero-order valence-electron chi connectivity index (χ0n) is 23.0. The molecule has 3 N–H and O–H groups in total. The van der Waals surface area contributed by atoms with Gasteiger partial charge in [0.25, 0.3) is 5.91 Å². The predicted molar refractivity (Wildman–Crippen MR) is 160 cm³/mol.